The zero-order valence-electron chi connectivity index (χ0n) is 25.8. The molecule has 5 nitrogen and oxygen atoms in total. The molecule has 0 aliphatic rings. The molecule has 5 heteroatoms. The fraction of sp³-hybridized carbons (Fsp3) is 0.606. The Morgan fingerprint density at radius 1 is 0.974 bits per heavy atom. The number of aromatic nitrogens is 2. The van der Waals surface area contributed by atoms with Gasteiger partial charge in [-0.25, -0.2) is 4.98 Å². The van der Waals surface area contributed by atoms with E-state index in [2.05, 4.69) is 109 Å². The average Bonchev–Trinajstić information content (AvgIpc) is 3.21. The van der Waals surface area contributed by atoms with Gasteiger partial charge in [-0.3, -0.25) is 0 Å². The zero-order chi connectivity index (χ0) is 28.3. The molecule has 0 radical (unpaired) electrons. The van der Waals surface area contributed by atoms with Crippen LogP contribution < -0.4 is 14.8 Å². The minimum atomic E-state index is -0.0684. The van der Waals surface area contributed by atoms with Crippen LogP contribution in [0.3, 0.4) is 0 Å². The van der Waals surface area contributed by atoms with Gasteiger partial charge in [-0.1, -0.05) is 74.8 Å². The summed E-state index contributed by atoms with van der Waals surface area (Å²) in [4.78, 5) is 5.21. The number of imidazole rings is 1. The predicted octanol–water partition coefficient (Wildman–Crippen LogP) is 8.26. The predicted molar refractivity (Wildman–Crippen MR) is 162 cm³/mol. The smallest absolute Gasteiger partial charge is 0.144 e. The summed E-state index contributed by atoms with van der Waals surface area (Å²) in [6, 6.07) is 11.2. The molecule has 0 bridgehead atoms. The van der Waals surface area contributed by atoms with Crippen LogP contribution in [0, 0.1) is 0 Å². The number of fused-ring (bicyclic) bond motifs is 1. The SMILES string of the molecule is CCCCn1c(-c2cc(C(C)(C)C)cc(C(C)(C)C)c2OC)nc2ccc(OC(CC)C(C)NCC)cc21. The number of nitrogens with one attached hydrogen (secondary N) is 1. The van der Waals surface area contributed by atoms with Gasteiger partial charge < -0.3 is 19.4 Å². The summed E-state index contributed by atoms with van der Waals surface area (Å²) in [5.41, 5.74) is 5.59. The van der Waals surface area contributed by atoms with E-state index in [0.29, 0.717) is 0 Å². The molecule has 210 valence electrons. The van der Waals surface area contributed by atoms with Crippen molar-refractivity contribution in [2.45, 2.75) is 118 Å². The molecule has 0 saturated heterocycles. The molecule has 2 atom stereocenters. The third-order valence-electron chi connectivity index (χ3n) is 7.44. The van der Waals surface area contributed by atoms with Crippen molar-refractivity contribution in [1.29, 1.82) is 0 Å². The highest BCUT2D eigenvalue weighted by atomic mass is 16.5. The van der Waals surface area contributed by atoms with E-state index in [0.717, 1.165) is 66.3 Å². The molecule has 0 aliphatic heterocycles. The Balaban J connectivity index is 2.25. The van der Waals surface area contributed by atoms with Gasteiger partial charge in [0.2, 0.25) is 0 Å². The van der Waals surface area contributed by atoms with Crippen molar-refractivity contribution >= 4 is 11.0 Å². The summed E-state index contributed by atoms with van der Waals surface area (Å²) in [5, 5.41) is 3.51. The van der Waals surface area contributed by atoms with Crippen molar-refractivity contribution < 1.29 is 9.47 Å². The maximum Gasteiger partial charge on any atom is 0.144 e. The minimum Gasteiger partial charge on any atom is -0.496 e. The van der Waals surface area contributed by atoms with Crippen LogP contribution in [0.5, 0.6) is 11.5 Å². The van der Waals surface area contributed by atoms with Crippen LogP contribution in [0.1, 0.15) is 99.6 Å². The van der Waals surface area contributed by atoms with Crippen LogP contribution in [-0.2, 0) is 17.4 Å². The van der Waals surface area contributed by atoms with Gasteiger partial charge in [0, 0.05) is 24.2 Å². The largest absolute Gasteiger partial charge is 0.496 e. The lowest BCUT2D eigenvalue weighted by molar-refractivity contribution is 0.157. The first-order chi connectivity index (χ1) is 17.8. The van der Waals surface area contributed by atoms with Gasteiger partial charge in [-0.2, -0.15) is 0 Å². The van der Waals surface area contributed by atoms with Crippen molar-refractivity contribution in [2.24, 2.45) is 0 Å². The number of hydrogen-bond acceptors (Lipinski definition) is 4. The fourth-order valence-corrected chi connectivity index (χ4v) is 5.10. The van der Waals surface area contributed by atoms with Crippen molar-refractivity contribution in [3.8, 4) is 22.9 Å². The second-order valence-electron chi connectivity index (χ2n) is 12.6. The Morgan fingerprint density at radius 2 is 1.68 bits per heavy atom. The van der Waals surface area contributed by atoms with Crippen LogP contribution in [0.25, 0.3) is 22.4 Å². The maximum absolute atomic E-state index is 6.50. The molecule has 1 aromatic heterocycles. The lowest BCUT2D eigenvalue weighted by Gasteiger charge is -2.29. The van der Waals surface area contributed by atoms with E-state index >= 15 is 0 Å². The summed E-state index contributed by atoms with van der Waals surface area (Å²) in [7, 11) is 1.78. The van der Waals surface area contributed by atoms with Gasteiger partial charge in [-0.15, -0.1) is 0 Å². The fourth-order valence-electron chi connectivity index (χ4n) is 5.10. The number of ether oxygens (including phenoxy) is 2. The quantitative estimate of drug-likeness (QED) is 0.276. The van der Waals surface area contributed by atoms with Crippen molar-refractivity contribution in [3.05, 3.63) is 41.5 Å². The van der Waals surface area contributed by atoms with Gasteiger partial charge in [0.05, 0.1) is 23.7 Å². The van der Waals surface area contributed by atoms with Crippen LogP contribution in [0.4, 0.5) is 0 Å². The Bertz CT molecular complexity index is 1210. The van der Waals surface area contributed by atoms with Crippen LogP contribution in [0.15, 0.2) is 30.3 Å². The van der Waals surface area contributed by atoms with Crippen LogP contribution in [-0.4, -0.2) is 35.4 Å². The summed E-state index contributed by atoms with van der Waals surface area (Å²) in [6.07, 6.45) is 3.24. The van der Waals surface area contributed by atoms with E-state index < -0.39 is 0 Å². The zero-order valence-corrected chi connectivity index (χ0v) is 25.8. The maximum atomic E-state index is 6.50. The van der Waals surface area contributed by atoms with Gasteiger partial charge in [0.1, 0.15) is 23.4 Å². The highest BCUT2D eigenvalue weighted by molar-refractivity contribution is 5.84. The van der Waals surface area contributed by atoms with Gasteiger partial charge >= 0.3 is 0 Å². The van der Waals surface area contributed by atoms with Crippen LogP contribution >= 0.6 is 0 Å². The first-order valence-electron chi connectivity index (χ1n) is 14.5. The van der Waals surface area contributed by atoms with E-state index in [-0.39, 0.29) is 23.0 Å². The Labute approximate surface area is 231 Å². The second kappa shape index (κ2) is 12.1. The molecule has 1 heterocycles. The molecule has 2 unspecified atom stereocenters. The number of nitrogens with zero attached hydrogens (tertiary/aromatic N) is 2. The number of likely N-dealkylation sites (N-methyl/N-ethyl adjacent to an activating group) is 1. The molecule has 3 aromatic rings. The highest BCUT2D eigenvalue weighted by Gasteiger charge is 2.28. The van der Waals surface area contributed by atoms with Crippen LogP contribution in [0.2, 0.25) is 0 Å². The Morgan fingerprint density at radius 3 is 2.24 bits per heavy atom. The summed E-state index contributed by atoms with van der Waals surface area (Å²) < 4.78 is 15.0. The first-order valence-corrected chi connectivity index (χ1v) is 14.5. The molecular weight excluding hydrogens is 470 g/mol. The van der Waals surface area contributed by atoms with Gasteiger partial charge in [0.15, 0.2) is 0 Å². The Hall–Kier alpha value is -2.53. The highest BCUT2D eigenvalue weighted by Crippen LogP contribution is 2.43. The number of methoxy groups -OCH3 is 1. The first kappa shape index (κ1) is 30.0. The number of rotatable bonds is 11. The van der Waals surface area contributed by atoms with Gasteiger partial charge in [0.25, 0.3) is 0 Å². The molecule has 38 heavy (non-hydrogen) atoms. The second-order valence-corrected chi connectivity index (χ2v) is 12.6. The number of hydrogen-bond donors (Lipinski definition) is 1. The summed E-state index contributed by atoms with van der Waals surface area (Å²) in [6.45, 7) is 24.1. The van der Waals surface area contributed by atoms with E-state index in [9.17, 15) is 0 Å². The molecule has 3 rings (SSSR count). The van der Waals surface area contributed by atoms with E-state index in [4.69, 9.17) is 14.5 Å². The lowest BCUT2D eigenvalue weighted by atomic mass is 9.78. The van der Waals surface area contributed by atoms with Crippen molar-refractivity contribution in [3.63, 3.8) is 0 Å². The Kier molecular flexibility index (Phi) is 9.57. The molecule has 0 saturated carbocycles. The van der Waals surface area contributed by atoms with Gasteiger partial charge in [-0.05, 0) is 60.9 Å². The monoisotopic (exact) mass is 521 g/mol. The summed E-state index contributed by atoms with van der Waals surface area (Å²) in [5.74, 6) is 2.77. The molecule has 2 aromatic carbocycles. The molecule has 1 N–H and O–H groups in total. The lowest BCUT2D eigenvalue weighted by Crippen LogP contribution is -2.40. The number of unbranched alkanes of at least 4 members (excludes halogenated alkanes) is 1. The summed E-state index contributed by atoms with van der Waals surface area (Å²) >= 11 is 0. The van der Waals surface area contributed by atoms with Crippen molar-refractivity contribution in [2.75, 3.05) is 13.7 Å². The molecule has 0 aliphatic carbocycles. The van der Waals surface area contributed by atoms with E-state index in [1.807, 2.05) is 0 Å². The molecule has 0 spiro atoms. The van der Waals surface area contributed by atoms with E-state index in [1.54, 1.807) is 7.11 Å². The minimum absolute atomic E-state index is 0.000673. The average molecular weight is 522 g/mol. The normalized spacial score (nSPS) is 14.1. The third-order valence-corrected chi connectivity index (χ3v) is 7.44. The molecule has 0 fully saturated rings. The number of benzene rings is 2. The molecular formula is C33H51N3O2. The molecule has 0 amide bonds. The topological polar surface area (TPSA) is 48.3 Å². The standard InChI is InChI=1S/C33H51N3O2/c1-12-15-18-36-28-21-24(38-29(13-2)22(4)34-14-3)16-17-27(28)35-31(36)25-19-23(32(5,6)7)20-26(30(25)37-11)33(8,9)10/h16-17,19-22,29,34H,12-15,18H2,1-11H3. The van der Waals surface area contributed by atoms with E-state index in [1.165, 1.54) is 11.1 Å². The number of aryl methyl sites for hydroxylation is 1. The van der Waals surface area contributed by atoms with Crippen molar-refractivity contribution in [1.82, 2.24) is 14.9 Å². The third kappa shape index (κ3) is 6.54.